The molecule has 1 saturated carbocycles. The van der Waals surface area contributed by atoms with Crippen LogP contribution >= 0.6 is 0 Å². The summed E-state index contributed by atoms with van der Waals surface area (Å²) in [5.41, 5.74) is 1.71. The number of hydrogen-bond donors (Lipinski definition) is 2. The third kappa shape index (κ3) is 5.24. The molecule has 2 rings (SSSR count). The fourth-order valence-corrected chi connectivity index (χ4v) is 3.41. The first-order chi connectivity index (χ1) is 11.3. The van der Waals surface area contributed by atoms with Crippen LogP contribution in [0.5, 0.6) is 0 Å². The molecule has 4 nitrogen and oxygen atoms in total. The van der Waals surface area contributed by atoms with E-state index in [-0.39, 0.29) is 5.41 Å². The summed E-state index contributed by atoms with van der Waals surface area (Å²) in [5, 5.41) is 6.92. The molecule has 0 amide bonds. The largest absolute Gasteiger partial charge is 0.382 e. The van der Waals surface area contributed by atoms with Gasteiger partial charge < -0.3 is 15.4 Å². The summed E-state index contributed by atoms with van der Waals surface area (Å²) >= 11 is 0. The molecule has 128 valence electrons. The second-order valence-electron chi connectivity index (χ2n) is 6.26. The van der Waals surface area contributed by atoms with E-state index in [1.165, 1.54) is 31.2 Å². The smallest absolute Gasteiger partial charge is 0.191 e. The van der Waals surface area contributed by atoms with Crippen molar-refractivity contribution in [2.24, 2.45) is 4.99 Å². The average Bonchev–Trinajstić information content (AvgIpc) is 3.08. The highest BCUT2D eigenvalue weighted by atomic mass is 16.5. The van der Waals surface area contributed by atoms with Crippen molar-refractivity contribution < 1.29 is 4.74 Å². The van der Waals surface area contributed by atoms with E-state index in [9.17, 15) is 0 Å². The first-order valence-corrected chi connectivity index (χ1v) is 8.88. The van der Waals surface area contributed by atoms with E-state index in [0.717, 1.165) is 38.7 Å². The first-order valence-electron chi connectivity index (χ1n) is 8.88. The summed E-state index contributed by atoms with van der Waals surface area (Å²) in [6.07, 6.45) is 6.14. The summed E-state index contributed by atoms with van der Waals surface area (Å²) in [6.45, 7) is 5.44. The molecule has 0 saturated heterocycles. The zero-order valence-corrected chi connectivity index (χ0v) is 14.6. The van der Waals surface area contributed by atoms with Gasteiger partial charge in [-0.3, -0.25) is 4.99 Å². The number of benzene rings is 1. The monoisotopic (exact) mass is 317 g/mol. The van der Waals surface area contributed by atoms with Crippen LogP contribution in [0, 0.1) is 0 Å². The van der Waals surface area contributed by atoms with Gasteiger partial charge in [0.25, 0.3) is 0 Å². The van der Waals surface area contributed by atoms with Crippen LogP contribution in [-0.2, 0) is 10.2 Å². The summed E-state index contributed by atoms with van der Waals surface area (Å²) in [7, 11) is 1.84. The van der Waals surface area contributed by atoms with Crippen molar-refractivity contribution >= 4 is 5.96 Å². The van der Waals surface area contributed by atoms with Gasteiger partial charge in [0.15, 0.2) is 5.96 Å². The van der Waals surface area contributed by atoms with Gasteiger partial charge in [-0.1, -0.05) is 43.2 Å². The lowest BCUT2D eigenvalue weighted by atomic mass is 9.79. The minimum atomic E-state index is 0.254. The van der Waals surface area contributed by atoms with E-state index in [1.54, 1.807) is 0 Å². The fraction of sp³-hybridized carbons (Fsp3) is 0.632. The first kappa shape index (κ1) is 17.8. The number of ether oxygens (including phenoxy) is 1. The van der Waals surface area contributed by atoms with Crippen LogP contribution in [0.2, 0.25) is 0 Å². The minimum absolute atomic E-state index is 0.254. The number of aliphatic imine (C=N–C) groups is 1. The Morgan fingerprint density at radius 1 is 1.17 bits per heavy atom. The maximum Gasteiger partial charge on any atom is 0.191 e. The second kappa shape index (κ2) is 9.56. The lowest BCUT2D eigenvalue weighted by molar-refractivity contribution is 0.145. The molecule has 1 aliphatic rings. The van der Waals surface area contributed by atoms with Crippen LogP contribution in [0.25, 0.3) is 0 Å². The molecular formula is C19H31N3O. The van der Waals surface area contributed by atoms with Crippen LogP contribution < -0.4 is 10.6 Å². The van der Waals surface area contributed by atoms with Gasteiger partial charge in [-0.2, -0.15) is 0 Å². The number of nitrogens with one attached hydrogen (secondary N) is 2. The summed E-state index contributed by atoms with van der Waals surface area (Å²) < 4.78 is 5.36. The highest BCUT2D eigenvalue weighted by Gasteiger charge is 2.35. The number of hydrogen-bond acceptors (Lipinski definition) is 2. The van der Waals surface area contributed by atoms with Gasteiger partial charge in [0.05, 0.1) is 0 Å². The van der Waals surface area contributed by atoms with Crippen molar-refractivity contribution in [1.29, 1.82) is 0 Å². The molecule has 0 aromatic heterocycles. The predicted molar refractivity (Wildman–Crippen MR) is 97.1 cm³/mol. The van der Waals surface area contributed by atoms with Gasteiger partial charge in [-0.25, -0.2) is 0 Å². The van der Waals surface area contributed by atoms with Gasteiger partial charge in [-0.15, -0.1) is 0 Å². The molecule has 4 heteroatoms. The molecule has 0 radical (unpaired) electrons. The lowest BCUT2D eigenvalue weighted by Gasteiger charge is -2.30. The Hall–Kier alpha value is -1.55. The Morgan fingerprint density at radius 3 is 2.57 bits per heavy atom. The van der Waals surface area contributed by atoms with Crippen molar-refractivity contribution in [1.82, 2.24) is 10.6 Å². The molecule has 0 atom stereocenters. The standard InChI is InChI=1S/C19H31N3O/c1-3-23-15-9-14-21-18(20-2)22-16-19(12-7-8-13-19)17-10-5-4-6-11-17/h4-6,10-11H,3,7-9,12-16H2,1-2H3,(H2,20,21,22). The minimum Gasteiger partial charge on any atom is -0.382 e. The van der Waals surface area contributed by atoms with Gasteiger partial charge in [0.1, 0.15) is 0 Å². The number of nitrogens with zero attached hydrogens (tertiary/aromatic N) is 1. The molecule has 1 aliphatic carbocycles. The molecule has 0 spiro atoms. The van der Waals surface area contributed by atoms with E-state index in [2.05, 4.69) is 46.0 Å². The summed E-state index contributed by atoms with van der Waals surface area (Å²) in [4.78, 5) is 4.35. The van der Waals surface area contributed by atoms with E-state index >= 15 is 0 Å². The SMILES string of the molecule is CCOCCCNC(=NC)NCC1(c2ccccc2)CCCC1. The van der Waals surface area contributed by atoms with Crippen molar-refractivity contribution in [2.75, 3.05) is 33.4 Å². The molecule has 1 fully saturated rings. The van der Waals surface area contributed by atoms with E-state index < -0.39 is 0 Å². The maximum absolute atomic E-state index is 5.36. The third-order valence-corrected chi connectivity index (χ3v) is 4.73. The van der Waals surface area contributed by atoms with Gasteiger partial charge in [0, 0.05) is 38.8 Å². The third-order valence-electron chi connectivity index (χ3n) is 4.73. The quantitative estimate of drug-likeness (QED) is 0.440. The molecule has 23 heavy (non-hydrogen) atoms. The molecular weight excluding hydrogens is 286 g/mol. The molecule has 0 unspecified atom stereocenters. The molecule has 1 aromatic carbocycles. The van der Waals surface area contributed by atoms with E-state index in [1.807, 2.05) is 14.0 Å². The van der Waals surface area contributed by atoms with E-state index in [0.29, 0.717) is 0 Å². The second-order valence-corrected chi connectivity index (χ2v) is 6.26. The molecule has 0 aliphatic heterocycles. The topological polar surface area (TPSA) is 45.6 Å². The van der Waals surface area contributed by atoms with Crippen molar-refractivity contribution in [3.8, 4) is 0 Å². The highest BCUT2D eigenvalue weighted by Crippen LogP contribution is 2.40. The number of guanidine groups is 1. The van der Waals surface area contributed by atoms with Crippen molar-refractivity contribution in [3.63, 3.8) is 0 Å². The average molecular weight is 317 g/mol. The molecule has 0 bridgehead atoms. The fourth-order valence-electron chi connectivity index (χ4n) is 3.41. The van der Waals surface area contributed by atoms with Gasteiger partial charge in [0.2, 0.25) is 0 Å². The van der Waals surface area contributed by atoms with Crippen LogP contribution in [0.4, 0.5) is 0 Å². The van der Waals surface area contributed by atoms with E-state index in [4.69, 9.17) is 4.74 Å². The Bertz CT molecular complexity index is 467. The Labute approximate surface area is 140 Å². The zero-order valence-electron chi connectivity index (χ0n) is 14.6. The predicted octanol–water partition coefficient (Wildman–Crippen LogP) is 3.09. The molecule has 0 heterocycles. The van der Waals surface area contributed by atoms with Crippen LogP contribution in [0.1, 0.15) is 44.6 Å². The van der Waals surface area contributed by atoms with Crippen molar-refractivity contribution in [2.45, 2.75) is 44.4 Å². The Kier molecular flexibility index (Phi) is 7.40. The maximum atomic E-state index is 5.36. The normalized spacial score (nSPS) is 17.2. The zero-order chi connectivity index (χ0) is 16.4. The molecule has 2 N–H and O–H groups in total. The van der Waals surface area contributed by atoms with Crippen LogP contribution in [0.15, 0.2) is 35.3 Å². The Balaban J connectivity index is 1.86. The van der Waals surface area contributed by atoms with Crippen molar-refractivity contribution in [3.05, 3.63) is 35.9 Å². The summed E-state index contributed by atoms with van der Waals surface area (Å²) in [6, 6.07) is 10.9. The number of rotatable bonds is 8. The lowest BCUT2D eigenvalue weighted by Crippen LogP contribution is -2.45. The Morgan fingerprint density at radius 2 is 1.91 bits per heavy atom. The van der Waals surface area contributed by atoms with Gasteiger partial charge in [-0.05, 0) is 31.7 Å². The summed E-state index contributed by atoms with van der Waals surface area (Å²) in [5.74, 6) is 0.892. The highest BCUT2D eigenvalue weighted by molar-refractivity contribution is 5.79. The van der Waals surface area contributed by atoms with Crippen LogP contribution in [0.3, 0.4) is 0 Å². The molecule has 1 aromatic rings. The van der Waals surface area contributed by atoms with Crippen LogP contribution in [-0.4, -0.2) is 39.3 Å². The van der Waals surface area contributed by atoms with Gasteiger partial charge >= 0.3 is 0 Å².